The predicted molar refractivity (Wildman–Crippen MR) is 90.9 cm³/mol. The van der Waals surface area contributed by atoms with Crippen LogP contribution < -0.4 is 4.74 Å². The maximum atomic E-state index is 12.4. The van der Waals surface area contributed by atoms with Crippen molar-refractivity contribution in [3.05, 3.63) is 57.7 Å². The lowest BCUT2D eigenvalue weighted by Crippen LogP contribution is -2.13. The van der Waals surface area contributed by atoms with E-state index < -0.39 is 4.92 Å². The Morgan fingerprint density at radius 3 is 2.68 bits per heavy atom. The van der Waals surface area contributed by atoms with Crippen molar-refractivity contribution in [1.82, 2.24) is 14.5 Å². The number of hydrogen-bond donors (Lipinski definition) is 0. The summed E-state index contributed by atoms with van der Waals surface area (Å²) >= 11 is 0. The number of nitro benzene ring substituents is 1. The number of hydrogen-bond acceptors (Lipinski definition) is 6. The van der Waals surface area contributed by atoms with Crippen LogP contribution in [0.3, 0.4) is 0 Å². The minimum atomic E-state index is -0.494. The Kier molecular flexibility index (Phi) is 4.18. The quantitative estimate of drug-likeness (QED) is 0.402. The molecule has 0 amide bonds. The standard InChI is InChI=1S/C17H16N4O4/c1-10-6-14(11(2)20(10)3)16(22)8-25-17-13-5-4-12(21(23)24)7-15(13)18-9-19-17/h4-7,9H,8H2,1-3H3. The SMILES string of the molecule is Cc1cc(C(=O)COc2ncnc3cc([N+](=O)[O-])ccc23)c(C)n1C. The van der Waals surface area contributed by atoms with Crippen LogP contribution in [0.2, 0.25) is 0 Å². The molecule has 3 aromatic rings. The Bertz CT molecular complexity index is 994. The van der Waals surface area contributed by atoms with Crippen molar-refractivity contribution in [2.75, 3.05) is 6.61 Å². The minimum absolute atomic E-state index is 0.0661. The lowest BCUT2D eigenvalue weighted by atomic mass is 10.1. The van der Waals surface area contributed by atoms with Crippen LogP contribution in [0.4, 0.5) is 5.69 Å². The normalized spacial score (nSPS) is 10.8. The summed E-state index contributed by atoms with van der Waals surface area (Å²) in [4.78, 5) is 30.8. The molecule has 0 saturated heterocycles. The summed E-state index contributed by atoms with van der Waals surface area (Å²) in [7, 11) is 1.90. The smallest absolute Gasteiger partial charge is 0.271 e. The van der Waals surface area contributed by atoms with E-state index in [9.17, 15) is 14.9 Å². The molecule has 0 spiro atoms. The largest absolute Gasteiger partial charge is 0.469 e. The van der Waals surface area contributed by atoms with Crippen LogP contribution in [0.25, 0.3) is 10.9 Å². The Morgan fingerprint density at radius 2 is 2.04 bits per heavy atom. The molecule has 0 aliphatic rings. The zero-order valence-corrected chi connectivity index (χ0v) is 14.0. The lowest BCUT2D eigenvalue weighted by molar-refractivity contribution is -0.384. The zero-order chi connectivity index (χ0) is 18.1. The van der Waals surface area contributed by atoms with E-state index in [-0.39, 0.29) is 24.0 Å². The molecule has 8 nitrogen and oxygen atoms in total. The monoisotopic (exact) mass is 340 g/mol. The Balaban J connectivity index is 1.84. The summed E-state index contributed by atoms with van der Waals surface area (Å²) in [6.07, 6.45) is 1.25. The fourth-order valence-corrected chi connectivity index (χ4v) is 2.60. The number of benzene rings is 1. The molecule has 0 atom stereocenters. The highest BCUT2D eigenvalue weighted by molar-refractivity contribution is 5.98. The van der Waals surface area contributed by atoms with E-state index in [2.05, 4.69) is 9.97 Å². The number of aryl methyl sites for hydroxylation is 1. The van der Waals surface area contributed by atoms with Gasteiger partial charge in [0.1, 0.15) is 6.33 Å². The van der Waals surface area contributed by atoms with Gasteiger partial charge in [-0.15, -0.1) is 0 Å². The van der Waals surface area contributed by atoms with Crippen LogP contribution in [0.15, 0.2) is 30.6 Å². The van der Waals surface area contributed by atoms with Gasteiger partial charge in [0.15, 0.2) is 6.61 Å². The molecule has 0 unspecified atom stereocenters. The van der Waals surface area contributed by atoms with Gasteiger partial charge in [0.2, 0.25) is 11.7 Å². The number of Topliss-reactive ketones (excluding diaryl/α,β-unsaturated/α-hetero) is 1. The first-order chi connectivity index (χ1) is 11.9. The van der Waals surface area contributed by atoms with E-state index in [0.29, 0.717) is 16.5 Å². The number of carbonyl (C=O) groups excluding carboxylic acids is 1. The molecule has 0 N–H and O–H groups in total. The Morgan fingerprint density at radius 1 is 1.28 bits per heavy atom. The van der Waals surface area contributed by atoms with E-state index in [0.717, 1.165) is 11.4 Å². The van der Waals surface area contributed by atoms with E-state index in [1.54, 1.807) is 0 Å². The van der Waals surface area contributed by atoms with Gasteiger partial charge < -0.3 is 9.30 Å². The number of rotatable bonds is 5. The summed E-state index contributed by atoms with van der Waals surface area (Å²) in [5.74, 6) is 0.0634. The van der Waals surface area contributed by atoms with Gasteiger partial charge in [-0.1, -0.05) is 0 Å². The molecule has 0 aliphatic carbocycles. The Hall–Kier alpha value is -3.29. The van der Waals surface area contributed by atoms with Gasteiger partial charge in [-0.3, -0.25) is 14.9 Å². The summed E-state index contributed by atoms with van der Waals surface area (Å²) < 4.78 is 7.50. The average Bonchev–Trinajstić information content (AvgIpc) is 2.86. The van der Waals surface area contributed by atoms with Gasteiger partial charge in [0.05, 0.1) is 15.8 Å². The van der Waals surface area contributed by atoms with E-state index in [4.69, 9.17) is 4.74 Å². The highest BCUT2D eigenvalue weighted by atomic mass is 16.6. The molecule has 2 heterocycles. The van der Waals surface area contributed by atoms with Gasteiger partial charge in [0, 0.05) is 36.1 Å². The number of ketones is 1. The highest BCUT2D eigenvalue weighted by Gasteiger charge is 2.16. The fraction of sp³-hybridized carbons (Fsp3) is 0.235. The number of non-ortho nitro benzene ring substituents is 1. The fourth-order valence-electron chi connectivity index (χ4n) is 2.60. The molecule has 0 radical (unpaired) electrons. The van der Waals surface area contributed by atoms with Gasteiger partial charge in [-0.05, 0) is 26.0 Å². The maximum Gasteiger partial charge on any atom is 0.271 e. The predicted octanol–water partition coefficient (Wildman–Crippen LogP) is 2.76. The Labute approximate surface area is 143 Å². The molecular weight excluding hydrogens is 324 g/mol. The molecule has 2 aromatic heterocycles. The third-order valence-corrected chi connectivity index (χ3v) is 4.21. The van der Waals surface area contributed by atoms with Crippen LogP contribution in [-0.2, 0) is 7.05 Å². The molecule has 25 heavy (non-hydrogen) atoms. The van der Waals surface area contributed by atoms with E-state index >= 15 is 0 Å². The molecular formula is C17H16N4O4. The van der Waals surface area contributed by atoms with Crippen molar-refractivity contribution in [1.29, 1.82) is 0 Å². The number of aromatic nitrogens is 3. The van der Waals surface area contributed by atoms with Gasteiger partial charge in [-0.2, -0.15) is 0 Å². The summed E-state index contributed by atoms with van der Waals surface area (Å²) in [6.45, 7) is 3.63. The van der Waals surface area contributed by atoms with E-state index in [1.807, 2.05) is 31.5 Å². The first kappa shape index (κ1) is 16.6. The average molecular weight is 340 g/mol. The zero-order valence-electron chi connectivity index (χ0n) is 14.0. The van der Waals surface area contributed by atoms with Crippen LogP contribution in [-0.4, -0.2) is 31.8 Å². The third kappa shape index (κ3) is 3.06. The number of nitro groups is 1. The van der Waals surface area contributed by atoms with Crippen LogP contribution >= 0.6 is 0 Å². The topological polar surface area (TPSA) is 100 Å². The van der Waals surface area contributed by atoms with Crippen molar-refractivity contribution in [3.8, 4) is 5.88 Å². The van der Waals surface area contributed by atoms with Crippen LogP contribution in [0.1, 0.15) is 21.7 Å². The summed E-state index contributed by atoms with van der Waals surface area (Å²) in [5.41, 5.74) is 2.78. The molecule has 8 heteroatoms. The molecule has 0 saturated carbocycles. The van der Waals surface area contributed by atoms with Gasteiger partial charge in [0.25, 0.3) is 5.69 Å². The second-order valence-corrected chi connectivity index (χ2v) is 5.69. The number of ether oxygens (including phenoxy) is 1. The van der Waals surface area contributed by atoms with Crippen molar-refractivity contribution in [2.24, 2.45) is 7.05 Å². The highest BCUT2D eigenvalue weighted by Crippen LogP contribution is 2.25. The second kappa shape index (κ2) is 6.31. The van der Waals surface area contributed by atoms with Gasteiger partial charge >= 0.3 is 0 Å². The molecule has 0 aliphatic heterocycles. The van der Waals surface area contributed by atoms with Crippen molar-refractivity contribution in [2.45, 2.75) is 13.8 Å². The second-order valence-electron chi connectivity index (χ2n) is 5.69. The number of fused-ring (bicyclic) bond motifs is 1. The van der Waals surface area contributed by atoms with Crippen molar-refractivity contribution >= 4 is 22.4 Å². The van der Waals surface area contributed by atoms with Crippen LogP contribution in [0.5, 0.6) is 5.88 Å². The van der Waals surface area contributed by atoms with E-state index in [1.165, 1.54) is 24.5 Å². The number of carbonyl (C=O) groups is 1. The molecule has 0 fully saturated rings. The minimum Gasteiger partial charge on any atom is -0.469 e. The third-order valence-electron chi connectivity index (χ3n) is 4.21. The summed E-state index contributed by atoms with van der Waals surface area (Å²) in [5, 5.41) is 11.4. The molecule has 1 aromatic carbocycles. The first-order valence-electron chi connectivity index (χ1n) is 7.56. The molecule has 3 rings (SSSR count). The van der Waals surface area contributed by atoms with Crippen molar-refractivity contribution < 1.29 is 14.5 Å². The van der Waals surface area contributed by atoms with Gasteiger partial charge in [-0.25, -0.2) is 9.97 Å². The molecule has 128 valence electrons. The lowest BCUT2D eigenvalue weighted by Gasteiger charge is -2.07. The maximum absolute atomic E-state index is 12.4. The number of nitrogens with zero attached hydrogens (tertiary/aromatic N) is 4. The summed E-state index contributed by atoms with van der Waals surface area (Å²) in [6, 6.07) is 6.04. The van der Waals surface area contributed by atoms with Crippen LogP contribution in [0, 0.1) is 24.0 Å². The first-order valence-corrected chi connectivity index (χ1v) is 7.56. The molecule has 0 bridgehead atoms. The van der Waals surface area contributed by atoms with Crippen molar-refractivity contribution in [3.63, 3.8) is 0 Å².